The first-order chi connectivity index (χ1) is 17.5. The topological polar surface area (TPSA) is 75.3 Å². The van der Waals surface area contributed by atoms with Gasteiger partial charge in [-0.05, 0) is 72.1 Å². The molecule has 0 aliphatic carbocycles. The Morgan fingerprint density at radius 1 is 0.778 bits per heavy atom. The number of ketones is 1. The SMILES string of the molecule is O=C(Nc1ccc(C(=O)/C=C/c2ccccc2F)cc1)/C(=C/c1cccs1)NC(=O)c1ccccc1. The molecule has 0 spiro atoms. The molecule has 2 amide bonds. The smallest absolute Gasteiger partial charge is 0.272 e. The van der Waals surface area contributed by atoms with Gasteiger partial charge in [0.15, 0.2) is 5.78 Å². The Kier molecular flexibility index (Phi) is 7.95. The van der Waals surface area contributed by atoms with Crippen molar-refractivity contribution in [2.45, 2.75) is 0 Å². The van der Waals surface area contributed by atoms with Gasteiger partial charge in [0, 0.05) is 27.3 Å². The van der Waals surface area contributed by atoms with Crippen molar-refractivity contribution in [3.05, 3.63) is 136 Å². The third-order valence-corrected chi connectivity index (χ3v) is 5.92. The van der Waals surface area contributed by atoms with E-state index < -0.39 is 17.6 Å². The summed E-state index contributed by atoms with van der Waals surface area (Å²) in [6.07, 6.45) is 4.32. The van der Waals surface area contributed by atoms with Gasteiger partial charge in [0.05, 0.1) is 0 Å². The summed E-state index contributed by atoms with van der Waals surface area (Å²) in [6.45, 7) is 0. The second-order valence-electron chi connectivity index (χ2n) is 7.64. The zero-order valence-corrected chi connectivity index (χ0v) is 19.8. The number of amides is 2. The maximum atomic E-state index is 13.7. The first kappa shape index (κ1) is 24.5. The molecule has 1 heterocycles. The summed E-state index contributed by atoms with van der Waals surface area (Å²) in [4.78, 5) is 38.9. The minimum atomic E-state index is -0.508. The standard InChI is InChI=1S/C29H21FN2O3S/c30-25-11-5-4-7-20(25)14-17-27(33)21-12-15-23(16-13-21)31-29(35)26(19-24-10-6-18-36-24)32-28(34)22-8-2-1-3-9-22/h1-19H,(H,31,35)(H,32,34)/b17-14+,26-19-. The van der Waals surface area contributed by atoms with Gasteiger partial charge in [0.1, 0.15) is 11.5 Å². The summed E-state index contributed by atoms with van der Waals surface area (Å²) >= 11 is 1.43. The molecule has 0 aliphatic heterocycles. The van der Waals surface area contributed by atoms with Crippen molar-refractivity contribution in [3.63, 3.8) is 0 Å². The molecule has 4 rings (SSSR count). The van der Waals surface area contributed by atoms with Gasteiger partial charge in [-0.15, -0.1) is 11.3 Å². The van der Waals surface area contributed by atoms with E-state index in [4.69, 9.17) is 0 Å². The maximum absolute atomic E-state index is 13.7. The number of anilines is 1. The molecule has 0 saturated carbocycles. The first-order valence-corrected chi connectivity index (χ1v) is 11.9. The van der Waals surface area contributed by atoms with Crippen LogP contribution in [-0.4, -0.2) is 17.6 Å². The first-order valence-electron chi connectivity index (χ1n) is 11.0. The number of carbonyl (C=O) groups excluding carboxylic acids is 3. The minimum absolute atomic E-state index is 0.0827. The van der Waals surface area contributed by atoms with E-state index in [-0.39, 0.29) is 11.5 Å². The predicted octanol–water partition coefficient (Wildman–Crippen LogP) is 6.19. The second kappa shape index (κ2) is 11.7. The number of benzene rings is 3. The lowest BCUT2D eigenvalue weighted by atomic mass is 10.1. The summed E-state index contributed by atoms with van der Waals surface area (Å²) in [5.41, 5.74) is 1.65. The van der Waals surface area contributed by atoms with Gasteiger partial charge in [0.25, 0.3) is 11.8 Å². The number of allylic oxidation sites excluding steroid dienone is 1. The molecule has 178 valence electrons. The van der Waals surface area contributed by atoms with E-state index in [2.05, 4.69) is 10.6 Å². The molecule has 0 unspecified atom stereocenters. The van der Waals surface area contributed by atoms with Gasteiger partial charge < -0.3 is 10.6 Å². The quantitative estimate of drug-likeness (QED) is 0.226. The molecule has 36 heavy (non-hydrogen) atoms. The van der Waals surface area contributed by atoms with Crippen LogP contribution in [0.25, 0.3) is 12.2 Å². The number of rotatable bonds is 8. The van der Waals surface area contributed by atoms with Crippen molar-refractivity contribution >= 4 is 46.8 Å². The van der Waals surface area contributed by atoms with Crippen LogP contribution in [0.2, 0.25) is 0 Å². The van der Waals surface area contributed by atoms with Gasteiger partial charge in [-0.3, -0.25) is 14.4 Å². The maximum Gasteiger partial charge on any atom is 0.272 e. The molecule has 0 fully saturated rings. The molecule has 3 aromatic carbocycles. The van der Waals surface area contributed by atoms with Crippen LogP contribution in [-0.2, 0) is 4.79 Å². The Morgan fingerprint density at radius 2 is 1.50 bits per heavy atom. The molecule has 0 bridgehead atoms. The third kappa shape index (κ3) is 6.49. The second-order valence-corrected chi connectivity index (χ2v) is 8.62. The number of nitrogens with one attached hydrogen (secondary N) is 2. The monoisotopic (exact) mass is 496 g/mol. The lowest BCUT2D eigenvalue weighted by Crippen LogP contribution is -2.30. The molecule has 0 radical (unpaired) electrons. The fraction of sp³-hybridized carbons (Fsp3) is 0. The predicted molar refractivity (Wildman–Crippen MR) is 141 cm³/mol. The third-order valence-electron chi connectivity index (χ3n) is 5.11. The summed E-state index contributed by atoms with van der Waals surface area (Å²) in [6, 6.07) is 24.8. The Balaban J connectivity index is 1.46. The molecule has 0 aliphatic rings. The van der Waals surface area contributed by atoms with Gasteiger partial charge in [-0.2, -0.15) is 0 Å². The highest BCUT2D eigenvalue weighted by Crippen LogP contribution is 2.16. The van der Waals surface area contributed by atoms with Crippen LogP contribution >= 0.6 is 11.3 Å². The molecular formula is C29H21FN2O3S. The molecule has 0 saturated heterocycles. The average Bonchev–Trinajstić information content (AvgIpc) is 3.42. The van der Waals surface area contributed by atoms with Crippen LogP contribution in [0.15, 0.2) is 108 Å². The molecule has 7 heteroatoms. The lowest BCUT2D eigenvalue weighted by molar-refractivity contribution is -0.113. The van der Waals surface area contributed by atoms with Crippen LogP contribution in [0.1, 0.15) is 31.2 Å². The highest BCUT2D eigenvalue weighted by molar-refractivity contribution is 7.10. The van der Waals surface area contributed by atoms with Crippen molar-refractivity contribution in [2.24, 2.45) is 0 Å². The Morgan fingerprint density at radius 3 is 2.19 bits per heavy atom. The molecule has 1 aromatic heterocycles. The number of thiophene rings is 1. The fourth-order valence-corrected chi connectivity index (χ4v) is 3.90. The Bertz CT molecular complexity index is 1430. The number of hydrogen-bond acceptors (Lipinski definition) is 4. The summed E-state index contributed by atoms with van der Waals surface area (Å²) in [5, 5.41) is 7.30. The Hall–Kier alpha value is -4.62. The van der Waals surface area contributed by atoms with Gasteiger partial charge in [0.2, 0.25) is 0 Å². The molecule has 5 nitrogen and oxygen atoms in total. The number of carbonyl (C=O) groups is 3. The number of halogens is 1. The van der Waals surface area contributed by atoms with Crippen LogP contribution in [0.5, 0.6) is 0 Å². The van der Waals surface area contributed by atoms with Crippen molar-refractivity contribution in [1.82, 2.24) is 5.32 Å². The van der Waals surface area contributed by atoms with E-state index >= 15 is 0 Å². The summed E-state index contributed by atoms with van der Waals surface area (Å²) in [5.74, 6) is -1.63. The zero-order chi connectivity index (χ0) is 25.3. The largest absolute Gasteiger partial charge is 0.321 e. The van der Waals surface area contributed by atoms with Crippen molar-refractivity contribution in [1.29, 1.82) is 0 Å². The molecule has 2 N–H and O–H groups in total. The molecule has 0 atom stereocenters. The van der Waals surface area contributed by atoms with E-state index in [1.54, 1.807) is 78.9 Å². The minimum Gasteiger partial charge on any atom is -0.321 e. The van der Waals surface area contributed by atoms with E-state index in [9.17, 15) is 18.8 Å². The van der Waals surface area contributed by atoms with E-state index in [1.165, 1.54) is 29.6 Å². The lowest BCUT2D eigenvalue weighted by Gasteiger charge is -2.11. The molecule has 4 aromatic rings. The summed E-state index contributed by atoms with van der Waals surface area (Å²) in [7, 11) is 0. The van der Waals surface area contributed by atoms with Gasteiger partial charge in [-0.1, -0.05) is 42.5 Å². The van der Waals surface area contributed by atoms with E-state index in [1.807, 2.05) is 17.5 Å². The normalized spacial score (nSPS) is 11.3. The van der Waals surface area contributed by atoms with Crippen molar-refractivity contribution < 1.29 is 18.8 Å². The highest BCUT2D eigenvalue weighted by Gasteiger charge is 2.15. The fourth-order valence-electron chi connectivity index (χ4n) is 3.25. The van der Waals surface area contributed by atoms with E-state index in [0.717, 1.165) is 4.88 Å². The molecular weight excluding hydrogens is 475 g/mol. The van der Waals surface area contributed by atoms with Crippen molar-refractivity contribution in [2.75, 3.05) is 5.32 Å². The van der Waals surface area contributed by atoms with Crippen LogP contribution in [0, 0.1) is 5.82 Å². The highest BCUT2D eigenvalue weighted by atomic mass is 32.1. The number of hydrogen-bond donors (Lipinski definition) is 2. The van der Waals surface area contributed by atoms with E-state index in [0.29, 0.717) is 22.4 Å². The average molecular weight is 497 g/mol. The Labute approximate surface area is 211 Å². The van der Waals surface area contributed by atoms with Crippen LogP contribution in [0.3, 0.4) is 0 Å². The van der Waals surface area contributed by atoms with Crippen LogP contribution < -0.4 is 10.6 Å². The van der Waals surface area contributed by atoms with Gasteiger partial charge in [-0.25, -0.2) is 4.39 Å². The van der Waals surface area contributed by atoms with Crippen molar-refractivity contribution in [3.8, 4) is 0 Å². The van der Waals surface area contributed by atoms with Crippen LogP contribution in [0.4, 0.5) is 10.1 Å². The van der Waals surface area contributed by atoms with Gasteiger partial charge >= 0.3 is 0 Å². The zero-order valence-electron chi connectivity index (χ0n) is 19.0. The summed E-state index contributed by atoms with van der Waals surface area (Å²) < 4.78 is 13.7.